The highest BCUT2D eigenvalue weighted by molar-refractivity contribution is 5.20. The van der Waals surface area contributed by atoms with Gasteiger partial charge in [-0.3, -0.25) is 4.90 Å². The molecule has 4 nitrogen and oxygen atoms in total. The van der Waals surface area contributed by atoms with Gasteiger partial charge in [0.05, 0.1) is 0 Å². The summed E-state index contributed by atoms with van der Waals surface area (Å²) >= 11 is 0. The Morgan fingerprint density at radius 2 is 2.05 bits per heavy atom. The standard InChI is InChI=1S/C15H19F2N3O/c1-10(12-6-7-13(16)14(17)9-12)20(3)8-4-5-15-18-11(2)19-21-15/h6-7,9-10H,4-5,8H2,1-3H3/t10-/m1/s1. The van der Waals surface area contributed by atoms with E-state index in [0.717, 1.165) is 24.6 Å². The van der Waals surface area contributed by atoms with Crippen LogP contribution in [0.25, 0.3) is 0 Å². The van der Waals surface area contributed by atoms with Crippen LogP contribution in [0.2, 0.25) is 0 Å². The predicted octanol–water partition coefficient (Wildman–Crippen LogP) is 3.28. The molecule has 21 heavy (non-hydrogen) atoms. The summed E-state index contributed by atoms with van der Waals surface area (Å²) in [6.07, 6.45) is 1.56. The molecule has 0 aliphatic heterocycles. The van der Waals surface area contributed by atoms with Crippen molar-refractivity contribution in [3.8, 4) is 0 Å². The fourth-order valence-corrected chi connectivity index (χ4v) is 2.14. The van der Waals surface area contributed by atoms with Gasteiger partial charge in [-0.05, 0) is 51.6 Å². The third-order valence-corrected chi connectivity index (χ3v) is 3.56. The monoisotopic (exact) mass is 295 g/mol. The van der Waals surface area contributed by atoms with Gasteiger partial charge in [-0.1, -0.05) is 11.2 Å². The number of nitrogens with zero attached hydrogens (tertiary/aromatic N) is 3. The van der Waals surface area contributed by atoms with E-state index < -0.39 is 11.6 Å². The number of halogens is 2. The molecule has 2 rings (SSSR count). The second kappa shape index (κ2) is 6.76. The van der Waals surface area contributed by atoms with E-state index in [1.165, 1.54) is 6.07 Å². The van der Waals surface area contributed by atoms with E-state index in [1.54, 1.807) is 13.0 Å². The molecule has 0 amide bonds. The third-order valence-electron chi connectivity index (χ3n) is 3.56. The molecule has 6 heteroatoms. The summed E-state index contributed by atoms with van der Waals surface area (Å²) in [5.41, 5.74) is 0.755. The molecule has 0 N–H and O–H groups in total. The van der Waals surface area contributed by atoms with Gasteiger partial charge in [-0.2, -0.15) is 4.98 Å². The quantitative estimate of drug-likeness (QED) is 0.820. The zero-order valence-corrected chi connectivity index (χ0v) is 12.4. The van der Waals surface area contributed by atoms with E-state index in [9.17, 15) is 8.78 Å². The van der Waals surface area contributed by atoms with Crippen molar-refractivity contribution in [1.29, 1.82) is 0 Å². The Morgan fingerprint density at radius 3 is 2.67 bits per heavy atom. The Balaban J connectivity index is 1.87. The van der Waals surface area contributed by atoms with Crippen LogP contribution in [-0.4, -0.2) is 28.6 Å². The number of rotatable bonds is 6. The first-order valence-electron chi connectivity index (χ1n) is 6.91. The molecule has 1 aromatic carbocycles. The molecule has 0 bridgehead atoms. The minimum atomic E-state index is -0.819. The molecule has 114 valence electrons. The van der Waals surface area contributed by atoms with Gasteiger partial charge in [0.2, 0.25) is 5.89 Å². The molecule has 0 fully saturated rings. The maximum Gasteiger partial charge on any atom is 0.226 e. The van der Waals surface area contributed by atoms with E-state index in [4.69, 9.17) is 4.52 Å². The van der Waals surface area contributed by atoms with E-state index in [0.29, 0.717) is 18.1 Å². The molecule has 1 aromatic heterocycles. The Hall–Kier alpha value is -1.82. The van der Waals surface area contributed by atoms with Gasteiger partial charge >= 0.3 is 0 Å². The Kier molecular flexibility index (Phi) is 5.01. The van der Waals surface area contributed by atoms with Crippen molar-refractivity contribution in [3.05, 3.63) is 47.1 Å². The van der Waals surface area contributed by atoms with Gasteiger partial charge < -0.3 is 4.52 Å². The summed E-state index contributed by atoms with van der Waals surface area (Å²) in [4.78, 5) is 6.22. The predicted molar refractivity (Wildman–Crippen MR) is 74.8 cm³/mol. The molecule has 2 aromatic rings. The van der Waals surface area contributed by atoms with Crippen molar-refractivity contribution in [3.63, 3.8) is 0 Å². The average Bonchev–Trinajstić information content (AvgIpc) is 2.86. The number of hydrogen-bond donors (Lipinski definition) is 0. The van der Waals surface area contributed by atoms with Gasteiger partial charge in [0.15, 0.2) is 17.5 Å². The minimum absolute atomic E-state index is 0.00419. The maximum absolute atomic E-state index is 13.3. The lowest BCUT2D eigenvalue weighted by Crippen LogP contribution is -2.24. The van der Waals surface area contributed by atoms with Crippen LogP contribution in [0.5, 0.6) is 0 Å². The van der Waals surface area contributed by atoms with Crippen LogP contribution < -0.4 is 0 Å². The average molecular weight is 295 g/mol. The Labute approximate surface area is 122 Å². The first-order valence-corrected chi connectivity index (χ1v) is 6.91. The normalized spacial score (nSPS) is 12.9. The lowest BCUT2D eigenvalue weighted by atomic mass is 10.1. The molecule has 0 saturated carbocycles. The summed E-state index contributed by atoms with van der Waals surface area (Å²) in [6, 6.07) is 4.03. The maximum atomic E-state index is 13.3. The van der Waals surface area contributed by atoms with E-state index in [-0.39, 0.29) is 6.04 Å². The molecule has 0 spiro atoms. The van der Waals surface area contributed by atoms with Crippen LogP contribution in [0.4, 0.5) is 8.78 Å². The lowest BCUT2D eigenvalue weighted by Gasteiger charge is -2.24. The number of hydrogen-bond acceptors (Lipinski definition) is 4. The smallest absolute Gasteiger partial charge is 0.226 e. The molecule has 1 atom stereocenters. The lowest BCUT2D eigenvalue weighted by molar-refractivity contribution is 0.253. The summed E-state index contributed by atoms with van der Waals surface area (Å²) in [6.45, 7) is 4.54. The van der Waals surface area contributed by atoms with Crippen molar-refractivity contribution in [2.24, 2.45) is 0 Å². The van der Waals surface area contributed by atoms with Crippen LogP contribution in [0.15, 0.2) is 22.7 Å². The molecular weight excluding hydrogens is 276 g/mol. The topological polar surface area (TPSA) is 42.2 Å². The van der Waals surface area contributed by atoms with E-state index in [1.807, 2.05) is 14.0 Å². The second-order valence-corrected chi connectivity index (χ2v) is 5.17. The zero-order valence-electron chi connectivity index (χ0n) is 12.4. The highest BCUT2D eigenvalue weighted by Crippen LogP contribution is 2.21. The highest BCUT2D eigenvalue weighted by atomic mass is 19.2. The van der Waals surface area contributed by atoms with E-state index in [2.05, 4.69) is 15.0 Å². The molecule has 0 aliphatic carbocycles. The van der Waals surface area contributed by atoms with Crippen molar-refractivity contribution in [2.45, 2.75) is 32.7 Å². The van der Waals surface area contributed by atoms with Crippen LogP contribution in [0.1, 0.15) is 36.7 Å². The van der Waals surface area contributed by atoms with Crippen molar-refractivity contribution in [1.82, 2.24) is 15.0 Å². The van der Waals surface area contributed by atoms with Crippen molar-refractivity contribution < 1.29 is 13.3 Å². The fraction of sp³-hybridized carbons (Fsp3) is 0.467. The second-order valence-electron chi connectivity index (χ2n) is 5.17. The van der Waals surface area contributed by atoms with Crippen LogP contribution in [-0.2, 0) is 6.42 Å². The van der Waals surface area contributed by atoms with Gasteiger partial charge in [-0.15, -0.1) is 0 Å². The largest absolute Gasteiger partial charge is 0.339 e. The molecule has 1 heterocycles. The highest BCUT2D eigenvalue weighted by Gasteiger charge is 2.14. The summed E-state index contributed by atoms with van der Waals surface area (Å²) < 4.78 is 31.3. The fourth-order valence-electron chi connectivity index (χ4n) is 2.14. The van der Waals surface area contributed by atoms with Gasteiger partial charge in [0.25, 0.3) is 0 Å². The molecule has 0 aliphatic rings. The number of benzene rings is 1. The summed E-state index contributed by atoms with van der Waals surface area (Å²) in [7, 11) is 1.95. The Bertz CT molecular complexity index is 600. The number of aryl methyl sites for hydroxylation is 2. The van der Waals surface area contributed by atoms with Crippen LogP contribution in [0, 0.1) is 18.6 Å². The zero-order chi connectivity index (χ0) is 15.4. The molecular formula is C15H19F2N3O. The molecule has 0 radical (unpaired) electrons. The minimum Gasteiger partial charge on any atom is -0.339 e. The van der Waals surface area contributed by atoms with Gasteiger partial charge in [-0.25, -0.2) is 8.78 Å². The van der Waals surface area contributed by atoms with Gasteiger partial charge in [0.1, 0.15) is 0 Å². The summed E-state index contributed by atoms with van der Waals surface area (Å²) in [5.74, 6) is -0.371. The van der Waals surface area contributed by atoms with E-state index >= 15 is 0 Å². The third kappa shape index (κ3) is 4.07. The molecule has 0 saturated heterocycles. The van der Waals surface area contributed by atoms with Crippen LogP contribution >= 0.6 is 0 Å². The van der Waals surface area contributed by atoms with Crippen molar-refractivity contribution >= 4 is 0 Å². The first-order chi connectivity index (χ1) is 9.97. The summed E-state index contributed by atoms with van der Waals surface area (Å²) in [5, 5.41) is 3.74. The Morgan fingerprint density at radius 1 is 1.29 bits per heavy atom. The number of aromatic nitrogens is 2. The molecule has 0 unspecified atom stereocenters. The van der Waals surface area contributed by atoms with Crippen LogP contribution in [0.3, 0.4) is 0 Å². The van der Waals surface area contributed by atoms with Crippen molar-refractivity contribution in [2.75, 3.05) is 13.6 Å². The van der Waals surface area contributed by atoms with Gasteiger partial charge in [0, 0.05) is 12.5 Å². The SMILES string of the molecule is Cc1noc(CCCN(C)[C@H](C)c2ccc(F)c(F)c2)n1. The first kappa shape index (κ1) is 15.6.